The van der Waals surface area contributed by atoms with E-state index in [4.69, 9.17) is 5.73 Å². The summed E-state index contributed by atoms with van der Waals surface area (Å²) in [6, 6.07) is 0.317. The fourth-order valence-electron chi connectivity index (χ4n) is 3.42. The summed E-state index contributed by atoms with van der Waals surface area (Å²) in [4.78, 5) is 2.25. The van der Waals surface area contributed by atoms with Gasteiger partial charge in [0.15, 0.2) is 9.84 Å². The van der Waals surface area contributed by atoms with E-state index in [0.717, 1.165) is 0 Å². The van der Waals surface area contributed by atoms with Crippen molar-refractivity contribution in [3.05, 3.63) is 0 Å². The van der Waals surface area contributed by atoms with Crippen LogP contribution in [0, 0.1) is 5.92 Å². The molecule has 0 bridgehead atoms. The van der Waals surface area contributed by atoms with Crippen LogP contribution in [0.3, 0.4) is 0 Å². The Balaban J connectivity index is 2.06. The fourth-order valence-corrected chi connectivity index (χ4v) is 5.37. The first kappa shape index (κ1) is 13.3. The Labute approximate surface area is 104 Å². The van der Waals surface area contributed by atoms with Crippen LogP contribution in [0.25, 0.3) is 0 Å². The molecule has 4 nitrogen and oxygen atoms in total. The molecule has 1 heterocycles. The molecule has 0 aromatic rings. The Bertz CT molecular complexity index is 369. The third kappa shape index (κ3) is 2.83. The average Bonchev–Trinajstić information content (AvgIpc) is 2.52. The monoisotopic (exact) mass is 260 g/mol. The molecule has 1 aliphatic carbocycles. The quantitative estimate of drug-likeness (QED) is 0.790. The first-order valence-electron chi connectivity index (χ1n) is 6.58. The molecular weight excluding hydrogens is 236 g/mol. The molecule has 5 heteroatoms. The predicted octanol–water partition coefficient (Wildman–Crippen LogP) is 0.621. The van der Waals surface area contributed by atoms with Crippen LogP contribution in [0.2, 0.25) is 0 Å². The van der Waals surface area contributed by atoms with Crippen molar-refractivity contribution in [1.82, 2.24) is 4.90 Å². The molecule has 0 aromatic heterocycles. The van der Waals surface area contributed by atoms with Gasteiger partial charge in [-0.25, -0.2) is 8.42 Å². The van der Waals surface area contributed by atoms with E-state index in [1.54, 1.807) is 0 Å². The molecule has 17 heavy (non-hydrogen) atoms. The minimum atomic E-state index is -2.91. The molecule has 100 valence electrons. The number of nitrogens with zero attached hydrogens (tertiary/aromatic N) is 1. The van der Waals surface area contributed by atoms with Crippen LogP contribution in [0.1, 0.15) is 32.6 Å². The molecule has 4 atom stereocenters. The van der Waals surface area contributed by atoms with E-state index >= 15 is 0 Å². The van der Waals surface area contributed by atoms with Crippen LogP contribution in [0.5, 0.6) is 0 Å². The van der Waals surface area contributed by atoms with Crippen molar-refractivity contribution in [2.75, 3.05) is 18.6 Å². The van der Waals surface area contributed by atoms with E-state index in [1.165, 1.54) is 25.7 Å². The van der Waals surface area contributed by atoms with Crippen molar-refractivity contribution >= 4 is 9.84 Å². The van der Waals surface area contributed by atoms with Gasteiger partial charge in [-0.3, -0.25) is 4.90 Å². The van der Waals surface area contributed by atoms with E-state index in [1.807, 2.05) is 0 Å². The third-order valence-electron chi connectivity index (χ3n) is 4.48. The van der Waals surface area contributed by atoms with E-state index in [0.29, 0.717) is 12.0 Å². The smallest absolute Gasteiger partial charge is 0.153 e. The molecule has 2 aliphatic rings. The van der Waals surface area contributed by atoms with E-state index in [9.17, 15) is 8.42 Å². The summed E-state index contributed by atoms with van der Waals surface area (Å²) in [6.45, 7) is 2.27. The summed E-state index contributed by atoms with van der Waals surface area (Å²) < 4.78 is 23.2. The van der Waals surface area contributed by atoms with Crippen molar-refractivity contribution in [3.8, 4) is 0 Å². The van der Waals surface area contributed by atoms with Crippen molar-refractivity contribution < 1.29 is 8.42 Å². The van der Waals surface area contributed by atoms with E-state index < -0.39 is 9.84 Å². The molecule has 0 amide bonds. The summed E-state index contributed by atoms with van der Waals surface area (Å²) in [6.07, 6.45) is 5.00. The van der Waals surface area contributed by atoms with Gasteiger partial charge in [0.1, 0.15) is 0 Å². The lowest BCUT2D eigenvalue weighted by Crippen LogP contribution is -2.52. The van der Waals surface area contributed by atoms with Crippen LogP contribution >= 0.6 is 0 Å². The predicted molar refractivity (Wildman–Crippen MR) is 69.6 cm³/mol. The van der Waals surface area contributed by atoms with Crippen LogP contribution in [-0.2, 0) is 9.84 Å². The lowest BCUT2D eigenvalue weighted by Gasteiger charge is -2.40. The van der Waals surface area contributed by atoms with Gasteiger partial charge < -0.3 is 5.73 Å². The Morgan fingerprint density at radius 1 is 1.12 bits per heavy atom. The molecule has 2 fully saturated rings. The first-order valence-corrected chi connectivity index (χ1v) is 8.41. The zero-order valence-electron chi connectivity index (χ0n) is 10.8. The number of hydrogen-bond acceptors (Lipinski definition) is 4. The lowest BCUT2D eigenvalue weighted by molar-refractivity contribution is 0.0995. The molecule has 1 aliphatic heterocycles. The third-order valence-corrected chi connectivity index (χ3v) is 6.22. The topological polar surface area (TPSA) is 63.4 Å². The second-order valence-electron chi connectivity index (χ2n) is 5.80. The van der Waals surface area contributed by atoms with E-state index in [2.05, 4.69) is 18.9 Å². The molecule has 1 saturated carbocycles. The summed E-state index contributed by atoms with van der Waals surface area (Å²) in [5.74, 6) is 1.06. The zero-order chi connectivity index (χ0) is 12.6. The number of hydrogen-bond donors (Lipinski definition) is 1. The highest BCUT2D eigenvalue weighted by Gasteiger charge is 2.40. The molecule has 1 saturated heterocycles. The highest BCUT2D eigenvalue weighted by Crippen LogP contribution is 2.30. The van der Waals surface area contributed by atoms with Crippen molar-refractivity contribution in [1.29, 1.82) is 0 Å². The molecule has 0 aromatic carbocycles. The Morgan fingerprint density at radius 2 is 1.76 bits per heavy atom. The van der Waals surface area contributed by atoms with E-state index in [-0.39, 0.29) is 23.6 Å². The molecule has 0 spiro atoms. The zero-order valence-corrected chi connectivity index (χ0v) is 11.6. The molecule has 2 N–H and O–H groups in total. The van der Waals surface area contributed by atoms with Gasteiger partial charge in [-0.1, -0.05) is 19.8 Å². The maximum Gasteiger partial charge on any atom is 0.153 e. The number of nitrogens with two attached hydrogens (primary N) is 1. The summed E-state index contributed by atoms with van der Waals surface area (Å²) in [5, 5.41) is 0. The second kappa shape index (κ2) is 4.86. The van der Waals surface area contributed by atoms with Gasteiger partial charge in [-0.15, -0.1) is 0 Å². The molecule has 4 unspecified atom stereocenters. The van der Waals surface area contributed by atoms with Gasteiger partial charge in [0.25, 0.3) is 0 Å². The van der Waals surface area contributed by atoms with Crippen molar-refractivity contribution in [3.63, 3.8) is 0 Å². The SMILES string of the molecule is CC1CCCCC1N(C)C1CS(=O)(=O)CC1N. The minimum absolute atomic E-state index is 0.0190. The van der Waals surface area contributed by atoms with Gasteiger partial charge >= 0.3 is 0 Å². The maximum atomic E-state index is 11.6. The lowest BCUT2D eigenvalue weighted by atomic mass is 9.84. The van der Waals surface area contributed by atoms with Crippen LogP contribution in [-0.4, -0.2) is 50.0 Å². The van der Waals surface area contributed by atoms with Gasteiger partial charge in [0.05, 0.1) is 11.5 Å². The summed E-state index contributed by atoms with van der Waals surface area (Å²) >= 11 is 0. The first-order chi connectivity index (χ1) is 7.91. The second-order valence-corrected chi connectivity index (χ2v) is 7.96. The van der Waals surface area contributed by atoms with Gasteiger partial charge in [-0.05, 0) is 25.8 Å². The molecular formula is C12H24N2O2S. The van der Waals surface area contributed by atoms with Crippen molar-refractivity contribution in [2.24, 2.45) is 11.7 Å². The number of rotatable bonds is 2. The number of likely N-dealkylation sites (N-methyl/N-ethyl adjacent to an activating group) is 1. The number of sulfone groups is 1. The van der Waals surface area contributed by atoms with Crippen LogP contribution in [0.4, 0.5) is 0 Å². The molecule has 0 radical (unpaired) electrons. The summed E-state index contributed by atoms with van der Waals surface area (Å²) in [7, 11) is -0.859. The normalized spacial score (nSPS) is 41.9. The van der Waals surface area contributed by atoms with Gasteiger partial charge in [-0.2, -0.15) is 0 Å². The molecule has 2 rings (SSSR count). The standard InChI is InChI=1S/C12H24N2O2S/c1-9-5-3-4-6-11(9)14(2)12-8-17(15,16)7-10(12)13/h9-12H,3-8,13H2,1-2H3. The van der Waals surface area contributed by atoms with Gasteiger partial charge in [0, 0.05) is 18.1 Å². The largest absolute Gasteiger partial charge is 0.325 e. The Morgan fingerprint density at radius 3 is 2.29 bits per heavy atom. The average molecular weight is 260 g/mol. The fraction of sp³-hybridized carbons (Fsp3) is 1.00. The van der Waals surface area contributed by atoms with Crippen LogP contribution < -0.4 is 5.73 Å². The summed E-state index contributed by atoms with van der Waals surface area (Å²) in [5.41, 5.74) is 5.99. The minimum Gasteiger partial charge on any atom is -0.325 e. The highest BCUT2D eigenvalue weighted by molar-refractivity contribution is 7.91. The van der Waals surface area contributed by atoms with Gasteiger partial charge in [0.2, 0.25) is 0 Å². The maximum absolute atomic E-state index is 11.6. The Kier molecular flexibility index (Phi) is 3.80. The van der Waals surface area contributed by atoms with Crippen LogP contribution in [0.15, 0.2) is 0 Å². The highest BCUT2D eigenvalue weighted by atomic mass is 32.2. The Hall–Kier alpha value is -0.130. The van der Waals surface area contributed by atoms with Crippen molar-refractivity contribution in [2.45, 2.75) is 50.7 Å².